The third-order valence-electron chi connectivity index (χ3n) is 2.59. The van der Waals surface area contributed by atoms with Gasteiger partial charge in [-0.15, -0.1) is 0 Å². The second-order valence-electron chi connectivity index (χ2n) is 4.08. The quantitative estimate of drug-likeness (QED) is 0.771. The summed E-state index contributed by atoms with van der Waals surface area (Å²) in [7, 11) is 0. The minimum Gasteiger partial charge on any atom is -0.486 e. The Morgan fingerprint density at radius 3 is 2.89 bits per heavy atom. The summed E-state index contributed by atoms with van der Waals surface area (Å²) in [5.41, 5.74) is 0.723. The number of thioether (sulfide) groups is 1. The lowest BCUT2D eigenvalue weighted by Gasteiger charge is -2.19. The molecular weight excluding hydrogens is 264 g/mol. The van der Waals surface area contributed by atoms with E-state index in [-0.39, 0.29) is 5.91 Å². The molecule has 19 heavy (non-hydrogen) atoms. The zero-order valence-electron chi connectivity index (χ0n) is 10.9. The highest BCUT2D eigenvalue weighted by Crippen LogP contribution is 2.32. The molecule has 1 aliphatic heterocycles. The molecule has 0 saturated carbocycles. The van der Waals surface area contributed by atoms with Crippen LogP contribution >= 0.6 is 11.8 Å². The first-order valence-corrected chi connectivity index (χ1v) is 7.58. The van der Waals surface area contributed by atoms with Crippen molar-refractivity contribution in [2.75, 3.05) is 43.6 Å². The van der Waals surface area contributed by atoms with Crippen LogP contribution in [0.15, 0.2) is 18.2 Å². The van der Waals surface area contributed by atoms with Gasteiger partial charge in [-0.25, -0.2) is 0 Å². The summed E-state index contributed by atoms with van der Waals surface area (Å²) in [6.07, 6.45) is 2.04. The van der Waals surface area contributed by atoms with Crippen LogP contribution in [0.5, 0.6) is 11.5 Å². The SMILES string of the molecule is CSCCNCC(=O)Nc1ccc2c(c1)OCCO2. The van der Waals surface area contributed by atoms with E-state index >= 15 is 0 Å². The van der Waals surface area contributed by atoms with E-state index in [2.05, 4.69) is 10.6 Å². The molecule has 0 fully saturated rings. The number of nitrogens with one attached hydrogen (secondary N) is 2. The molecule has 1 aliphatic rings. The van der Waals surface area contributed by atoms with Gasteiger partial charge in [-0.2, -0.15) is 11.8 Å². The van der Waals surface area contributed by atoms with E-state index in [1.807, 2.05) is 18.4 Å². The first kappa shape index (κ1) is 14.0. The smallest absolute Gasteiger partial charge is 0.238 e. The maximum absolute atomic E-state index is 11.7. The minimum atomic E-state index is -0.0576. The summed E-state index contributed by atoms with van der Waals surface area (Å²) in [5, 5.41) is 5.90. The first-order chi connectivity index (χ1) is 9.29. The Balaban J connectivity index is 1.83. The van der Waals surface area contributed by atoms with Crippen molar-refractivity contribution >= 4 is 23.4 Å². The molecule has 0 bridgehead atoms. The number of ether oxygens (including phenoxy) is 2. The van der Waals surface area contributed by atoms with Crippen molar-refractivity contribution in [1.29, 1.82) is 0 Å². The molecule has 0 unspecified atom stereocenters. The van der Waals surface area contributed by atoms with Crippen LogP contribution in [0, 0.1) is 0 Å². The Labute approximate surface area is 117 Å². The maximum Gasteiger partial charge on any atom is 0.238 e. The summed E-state index contributed by atoms with van der Waals surface area (Å²) in [5.74, 6) is 2.34. The monoisotopic (exact) mass is 282 g/mol. The van der Waals surface area contributed by atoms with Crippen molar-refractivity contribution in [2.45, 2.75) is 0 Å². The number of amides is 1. The van der Waals surface area contributed by atoms with Crippen LogP contribution in [-0.2, 0) is 4.79 Å². The molecule has 1 aromatic rings. The first-order valence-electron chi connectivity index (χ1n) is 6.19. The van der Waals surface area contributed by atoms with Gasteiger partial charge < -0.3 is 20.1 Å². The van der Waals surface area contributed by atoms with E-state index in [9.17, 15) is 4.79 Å². The lowest BCUT2D eigenvalue weighted by atomic mass is 10.2. The van der Waals surface area contributed by atoms with E-state index in [1.54, 1.807) is 17.8 Å². The Morgan fingerprint density at radius 2 is 2.11 bits per heavy atom. The number of hydrogen-bond acceptors (Lipinski definition) is 5. The molecule has 1 aromatic carbocycles. The zero-order chi connectivity index (χ0) is 13.5. The minimum absolute atomic E-state index is 0.0576. The molecule has 2 N–H and O–H groups in total. The molecule has 0 spiro atoms. The molecule has 0 aliphatic carbocycles. The Kier molecular flexibility index (Phi) is 5.35. The van der Waals surface area contributed by atoms with Gasteiger partial charge in [0.05, 0.1) is 6.54 Å². The zero-order valence-corrected chi connectivity index (χ0v) is 11.7. The van der Waals surface area contributed by atoms with Crippen LogP contribution in [-0.4, -0.2) is 44.2 Å². The van der Waals surface area contributed by atoms with Crippen LogP contribution < -0.4 is 20.1 Å². The summed E-state index contributed by atoms with van der Waals surface area (Å²) in [4.78, 5) is 11.7. The predicted molar refractivity (Wildman–Crippen MR) is 77.3 cm³/mol. The fourth-order valence-electron chi connectivity index (χ4n) is 1.70. The van der Waals surface area contributed by atoms with Crippen molar-refractivity contribution in [3.05, 3.63) is 18.2 Å². The van der Waals surface area contributed by atoms with Gasteiger partial charge in [-0.3, -0.25) is 4.79 Å². The number of benzene rings is 1. The molecule has 6 heteroatoms. The molecule has 0 atom stereocenters. The van der Waals surface area contributed by atoms with E-state index in [4.69, 9.17) is 9.47 Å². The maximum atomic E-state index is 11.7. The summed E-state index contributed by atoms with van der Waals surface area (Å²) in [6, 6.07) is 5.41. The highest BCUT2D eigenvalue weighted by molar-refractivity contribution is 7.98. The van der Waals surface area contributed by atoms with E-state index < -0.39 is 0 Å². The van der Waals surface area contributed by atoms with Crippen LogP contribution in [0.25, 0.3) is 0 Å². The fourth-order valence-corrected chi connectivity index (χ4v) is 2.05. The highest BCUT2D eigenvalue weighted by atomic mass is 32.2. The Hall–Kier alpha value is -1.40. The number of anilines is 1. The molecular formula is C13H18N2O3S. The van der Waals surface area contributed by atoms with Crippen molar-refractivity contribution in [3.8, 4) is 11.5 Å². The highest BCUT2D eigenvalue weighted by Gasteiger charge is 2.12. The Bertz CT molecular complexity index is 440. The molecule has 5 nitrogen and oxygen atoms in total. The molecule has 0 aromatic heterocycles. The second kappa shape index (κ2) is 7.25. The van der Waals surface area contributed by atoms with E-state index in [1.165, 1.54) is 0 Å². The van der Waals surface area contributed by atoms with Crippen LogP contribution in [0.4, 0.5) is 5.69 Å². The topological polar surface area (TPSA) is 59.6 Å². The van der Waals surface area contributed by atoms with Crippen molar-refractivity contribution in [3.63, 3.8) is 0 Å². The second-order valence-corrected chi connectivity index (χ2v) is 5.06. The van der Waals surface area contributed by atoms with Gasteiger partial charge in [0.15, 0.2) is 11.5 Å². The molecule has 0 radical (unpaired) electrons. The summed E-state index contributed by atoms with van der Waals surface area (Å²) in [6.45, 7) is 2.25. The van der Waals surface area contributed by atoms with Gasteiger partial charge in [-0.1, -0.05) is 0 Å². The van der Waals surface area contributed by atoms with Crippen molar-refractivity contribution in [2.24, 2.45) is 0 Å². The largest absolute Gasteiger partial charge is 0.486 e. The van der Waals surface area contributed by atoms with Crippen molar-refractivity contribution < 1.29 is 14.3 Å². The number of hydrogen-bond donors (Lipinski definition) is 2. The number of rotatable bonds is 6. The van der Waals surface area contributed by atoms with Crippen LogP contribution in [0.1, 0.15) is 0 Å². The lowest BCUT2D eigenvalue weighted by molar-refractivity contribution is -0.115. The third kappa shape index (κ3) is 4.33. The van der Waals surface area contributed by atoms with Gasteiger partial charge >= 0.3 is 0 Å². The Morgan fingerprint density at radius 1 is 1.32 bits per heavy atom. The number of fused-ring (bicyclic) bond motifs is 1. The average Bonchev–Trinajstić information content (AvgIpc) is 2.43. The molecule has 1 heterocycles. The normalized spacial score (nSPS) is 13.1. The van der Waals surface area contributed by atoms with Gasteiger partial charge in [0, 0.05) is 24.1 Å². The molecule has 0 saturated heterocycles. The number of carbonyl (C=O) groups is 1. The van der Waals surface area contributed by atoms with E-state index in [0.717, 1.165) is 23.7 Å². The average molecular weight is 282 g/mol. The molecule has 2 rings (SSSR count). The van der Waals surface area contributed by atoms with Crippen LogP contribution in [0.3, 0.4) is 0 Å². The lowest BCUT2D eigenvalue weighted by Crippen LogP contribution is -2.29. The van der Waals surface area contributed by atoms with Gasteiger partial charge in [-0.05, 0) is 18.4 Å². The predicted octanol–water partition coefficient (Wildman–Crippen LogP) is 1.35. The summed E-state index contributed by atoms with van der Waals surface area (Å²) >= 11 is 1.75. The fraction of sp³-hybridized carbons (Fsp3) is 0.462. The van der Waals surface area contributed by atoms with Crippen LogP contribution in [0.2, 0.25) is 0 Å². The molecule has 104 valence electrons. The number of carbonyl (C=O) groups excluding carboxylic acids is 1. The molecule has 1 amide bonds. The third-order valence-corrected chi connectivity index (χ3v) is 3.21. The van der Waals surface area contributed by atoms with Gasteiger partial charge in [0.1, 0.15) is 13.2 Å². The van der Waals surface area contributed by atoms with Crippen molar-refractivity contribution in [1.82, 2.24) is 5.32 Å². The summed E-state index contributed by atoms with van der Waals surface area (Å²) < 4.78 is 10.9. The van der Waals surface area contributed by atoms with Gasteiger partial charge in [0.2, 0.25) is 5.91 Å². The van der Waals surface area contributed by atoms with Gasteiger partial charge in [0.25, 0.3) is 0 Å². The van der Waals surface area contributed by atoms with E-state index in [0.29, 0.717) is 25.5 Å². The standard InChI is InChI=1S/C13H18N2O3S/c1-19-7-4-14-9-13(16)15-10-2-3-11-12(8-10)18-6-5-17-11/h2-3,8,14H,4-7,9H2,1H3,(H,15,16).